The molecule has 5 rings (SSSR count). The first-order valence-corrected chi connectivity index (χ1v) is 11.8. The zero-order valence-electron chi connectivity index (χ0n) is 17.4. The lowest BCUT2D eigenvalue weighted by atomic mass is 9.97. The summed E-state index contributed by atoms with van der Waals surface area (Å²) in [6.45, 7) is 5.89. The molecule has 1 atom stereocenters. The largest absolute Gasteiger partial charge is 0.492 e. The maximum atomic E-state index is 12.9. The fourth-order valence-electron chi connectivity index (χ4n) is 4.59. The van der Waals surface area contributed by atoms with Gasteiger partial charge in [-0.2, -0.15) is 0 Å². The lowest BCUT2D eigenvalue weighted by molar-refractivity contribution is 0.0969. The number of carbonyl (C=O) groups excluding carboxylic acids is 1. The van der Waals surface area contributed by atoms with Crippen molar-refractivity contribution in [2.75, 3.05) is 32.0 Å². The molecule has 0 aromatic heterocycles. The lowest BCUT2D eigenvalue weighted by Crippen LogP contribution is -2.23. The van der Waals surface area contributed by atoms with Crippen LogP contribution in [0, 0.1) is 6.92 Å². The molecule has 3 aromatic rings. The Kier molecular flexibility index (Phi) is 5.53. The summed E-state index contributed by atoms with van der Waals surface area (Å²) in [7, 11) is 0. The van der Waals surface area contributed by atoms with Gasteiger partial charge in [-0.15, -0.1) is 11.8 Å². The van der Waals surface area contributed by atoms with E-state index in [1.54, 1.807) is 0 Å². The first kappa shape index (κ1) is 19.7. The van der Waals surface area contributed by atoms with Gasteiger partial charge < -0.3 is 9.64 Å². The summed E-state index contributed by atoms with van der Waals surface area (Å²) in [5.41, 5.74) is 3.57. The third-order valence-electron chi connectivity index (χ3n) is 6.26. The molecule has 0 N–H and O–H groups in total. The van der Waals surface area contributed by atoms with Gasteiger partial charge in [0.05, 0.1) is 11.5 Å². The number of Topliss-reactive ketones (excluding diaryl/α,β-unsaturated/α-hetero) is 1. The minimum absolute atomic E-state index is 0.234. The number of benzene rings is 3. The summed E-state index contributed by atoms with van der Waals surface area (Å²) in [5.74, 6) is 2.77. The number of hydrogen-bond acceptors (Lipinski definition) is 4. The SMILES string of the molecule is Cc1cccc(C2CCN(CCC(=O)c3ccc4cc5c(cc4c3)SCCO5)C2)c1. The van der Waals surface area contributed by atoms with E-state index in [9.17, 15) is 4.79 Å². The van der Waals surface area contributed by atoms with Gasteiger partial charge >= 0.3 is 0 Å². The van der Waals surface area contributed by atoms with Crippen LogP contribution >= 0.6 is 11.8 Å². The van der Waals surface area contributed by atoms with Crippen LogP contribution in [-0.4, -0.2) is 42.7 Å². The maximum Gasteiger partial charge on any atom is 0.164 e. The van der Waals surface area contributed by atoms with E-state index in [0.717, 1.165) is 54.1 Å². The molecule has 1 unspecified atom stereocenters. The van der Waals surface area contributed by atoms with E-state index < -0.39 is 0 Å². The average Bonchev–Trinajstić information content (AvgIpc) is 3.25. The molecule has 154 valence electrons. The second-order valence-electron chi connectivity index (χ2n) is 8.43. The van der Waals surface area contributed by atoms with Crippen molar-refractivity contribution >= 4 is 28.3 Å². The second-order valence-corrected chi connectivity index (χ2v) is 9.57. The van der Waals surface area contributed by atoms with Crippen LogP contribution < -0.4 is 4.74 Å². The number of nitrogens with zero attached hydrogens (tertiary/aromatic N) is 1. The number of likely N-dealkylation sites (tertiary alicyclic amines) is 1. The summed E-state index contributed by atoms with van der Waals surface area (Å²) >= 11 is 1.83. The van der Waals surface area contributed by atoms with Gasteiger partial charge in [0.1, 0.15) is 5.75 Å². The monoisotopic (exact) mass is 417 g/mol. The number of aryl methyl sites for hydroxylation is 1. The average molecular weight is 418 g/mol. The number of carbonyl (C=O) groups is 1. The summed E-state index contributed by atoms with van der Waals surface area (Å²) in [4.78, 5) is 16.5. The van der Waals surface area contributed by atoms with Crippen LogP contribution in [0.1, 0.15) is 40.2 Å². The Morgan fingerprint density at radius 1 is 1.13 bits per heavy atom. The van der Waals surface area contributed by atoms with E-state index in [0.29, 0.717) is 12.3 Å². The van der Waals surface area contributed by atoms with E-state index in [-0.39, 0.29) is 5.78 Å². The predicted octanol–water partition coefficient (Wildman–Crippen LogP) is 5.70. The van der Waals surface area contributed by atoms with Gasteiger partial charge in [0.2, 0.25) is 0 Å². The number of rotatable bonds is 5. The number of hydrogen-bond donors (Lipinski definition) is 0. The minimum atomic E-state index is 0.234. The fraction of sp³-hybridized carbons (Fsp3) is 0.346. The lowest BCUT2D eigenvalue weighted by Gasteiger charge is -2.18. The van der Waals surface area contributed by atoms with Crippen molar-refractivity contribution in [2.45, 2.75) is 30.6 Å². The Labute approximate surface area is 182 Å². The Bertz CT molecular complexity index is 1090. The Morgan fingerprint density at radius 2 is 2.07 bits per heavy atom. The van der Waals surface area contributed by atoms with E-state index in [1.807, 2.05) is 23.9 Å². The van der Waals surface area contributed by atoms with Crippen LogP contribution in [0.25, 0.3) is 10.8 Å². The van der Waals surface area contributed by atoms with E-state index >= 15 is 0 Å². The third kappa shape index (κ3) is 4.12. The van der Waals surface area contributed by atoms with Gasteiger partial charge in [0, 0.05) is 30.8 Å². The summed E-state index contributed by atoms with van der Waals surface area (Å²) in [6.07, 6.45) is 1.76. The molecular weight excluding hydrogens is 390 g/mol. The fourth-order valence-corrected chi connectivity index (χ4v) is 5.45. The number of ether oxygens (including phenoxy) is 1. The maximum absolute atomic E-state index is 12.9. The van der Waals surface area contributed by atoms with Crippen LogP contribution in [0.4, 0.5) is 0 Å². The molecule has 3 aromatic carbocycles. The quantitative estimate of drug-likeness (QED) is 0.499. The molecule has 0 amide bonds. The molecule has 3 nitrogen and oxygen atoms in total. The van der Waals surface area contributed by atoms with Crippen molar-refractivity contribution in [3.05, 3.63) is 71.3 Å². The highest BCUT2D eigenvalue weighted by atomic mass is 32.2. The van der Waals surface area contributed by atoms with Gasteiger partial charge in [-0.1, -0.05) is 42.0 Å². The van der Waals surface area contributed by atoms with Crippen LogP contribution in [0.3, 0.4) is 0 Å². The number of fused-ring (bicyclic) bond motifs is 2. The molecule has 1 fully saturated rings. The molecule has 0 spiro atoms. The van der Waals surface area contributed by atoms with Gasteiger partial charge in [-0.25, -0.2) is 0 Å². The van der Waals surface area contributed by atoms with Crippen LogP contribution in [0.15, 0.2) is 59.5 Å². The van der Waals surface area contributed by atoms with Crippen molar-refractivity contribution in [1.29, 1.82) is 0 Å². The van der Waals surface area contributed by atoms with Crippen molar-refractivity contribution in [3.63, 3.8) is 0 Å². The molecule has 2 aliphatic heterocycles. The number of ketones is 1. The summed E-state index contributed by atoms with van der Waals surface area (Å²) in [6, 6.07) is 19.2. The predicted molar refractivity (Wildman–Crippen MR) is 124 cm³/mol. The zero-order chi connectivity index (χ0) is 20.5. The Balaban J connectivity index is 1.23. The molecule has 2 heterocycles. The van der Waals surface area contributed by atoms with Crippen molar-refractivity contribution < 1.29 is 9.53 Å². The smallest absolute Gasteiger partial charge is 0.164 e. The molecule has 0 aliphatic carbocycles. The minimum Gasteiger partial charge on any atom is -0.492 e. The van der Waals surface area contributed by atoms with E-state index in [2.05, 4.69) is 54.3 Å². The molecule has 4 heteroatoms. The first-order valence-electron chi connectivity index (χ1n) is 10.8. The van der Waals surface area contributed by atoms with Gasteiger partial charge in [-0.3, -0.25) is 4.79 Å². The highest BCUT2D eigenvalue weighted by Gasteiger charge is 2.24. The molecule has 0 radical (unpaired) electrons. The summed E-state index contributed by atoms with van der Waals surface area (Å²) < 4.78 is 5.76. The molecule has 30 heavy (non-hydrogen) atoms. The normalized spacial score (nSPS) is 18.9. The molecular formula is C26H27NO2S. The van der Waals surface area contributed by atoms with Gasteiger partial charge in [0.25, 0.3) is 0 Å². The number of thioether (sulfide) groups is 1. The molecule has 0 saturated carbocycles. The Morgan fingerprint density at radius 3 is 2.97 bits per heavy atom. The van der Waals surface area contributed by atoms with Crippen molar-refractivity contribution in [3.8, 4) is 5.75 Å². The third-order valence-corrected chi connectivity index (χ3v) is 7.27. The van der Waals surface area contributed by atoms with Gasteiger partial charge in [0.15, 0.2) is 5.78 Å². The molecule has 2 aliphatic rings. The van der Waals surface area contributed by atoms with Crippen molar-refractivity contribution in [2.24, 2.45) is 0 Å². The van der Waals surface area contributed by atoms with E-state index in [4.69, 9.17) is 4.74 Å². The van der Waals surface area contributed by atoms with Crippen LogP contribution in [0.5, 0.6) is 5.75 Å². The second kappa shape index (κ2) is 8.44. The van der Waals surface area contributed by atoms with Gasteiger partial charge in [-0.05, 0) is 60.3 Å². The highest BCUT2D eigenvalue weighted by molar-refractivity contribution is 7.99. The first-order chi connectivity index (χ1) is 14.7. The molecule has 1 saturated heterocycles. The zero-order valence-corrected chi connectivity index (χ0v) is 18.2. The standard InChI is InChI=1S/C26H27NO2S/c1-18-3-2-4-19(13-18)22-7-9-27(17-22)10-8-24(28)21-6-5-20-15-25-26(16-23(20)14-21)30-12-11-29-25/h2-6,13-16,22H,7-12,17H2,1H3. The summed E-state index contributed by atoms with van der Waals surface area (Å²) in [5, 5.41) is 2.26. The van der Waals surface area contributed by atoms with E-state index in [1.165, 1.54) is 22.4 Å². The molecule has 0 bridgehead atoms. The van der Waals surface area contributed by atoms with Crippen molar-refractivity contribution in [1.82, 2.24) is 4.90 Å². The van der Waals surface area contributed by atoms with Crippen LogP contribution in [-0.2, 0) is 0 Å². The Hall–Kier alpha value is -2.30. The van der Waals surface area contributed by atoms with Crippen LogP contribution in [0.2, 0.25) is 0 Å². The topological polar surface area (TPSA) is 29.5 Å². The highest BCUT2D eigenvalue weighted by Crippen LogP contribution is 2.37.